The number of nitrogens with one attached hydrogen (secondary N) is 2. The van der Waals surface area contributed by atoms with Crippen LogP contribution in [0, 0.1) is 5.41 Å². The second-order valence-electron chi connectivity index (χ2n) is 5.56. The molecule has 0 radical (unpaired) electrons. The topological polar surface area (TPSA) is 44.4 Å². The summed E-state index contributed by atoms with van der Waals surface area (Å²) < 4.78 is 0. The van der Waals surface area contributed by atoms with E-state index in [0.717, 1.165) is 32.4 Å². The van der Waals surface area contributed by atoms with E-state index in [1.54, 1.807) is 5.01 Å². The zero-order valence-corrected chi connectivity index (χ0v) is 11.8. The van der Waals surface area contributed by atoms with Gasteiger partial charge in [-0.15, -0.1) is 0 Å². The van der Waals surface area contributed by atoms with Gasteiger partial charge in [0.2, 0.25) is 5.91 Å². The van der Waals surface area contributed by atoms with Gasteiger partial charge >= 0.3 is 0 Å². The molecule has 1 heterocycles. The van der Waals surface area contributed by atoms with Gasteiger partial charge in [-0.1, -0.05) is 30.3 Å². The van der Waals surface area contributed by atoms with E-state index in [9.17, 15) is 4.79 Å². The van der Waals surface area contributed by atoms with Crippen molar-refractivity contribution in [1.82, 2.24) is 15.8 Å². The molecule has 0 aromatic heterocycles. The second kappa shape index (κ2) is 6.17. The highest BCUT2D eigenvalue weighted by molar-refractivity contribution is 5.83. The molecule has 1 aromatic rings. The van der Waals surface area contributed by atoms with Crippen LogP contribution >= 0.6 is 0 Å². The van der Waals surface area contributed by atoms with Crippen molar-refractivity contribution in [3.63, 3.8) is 0 Å². The molecule has 1 saturated heterocycles. The zero-order chi connectivity index (χ0) is 13.7. The van der Waals surface area contributed by atoms with Crippen molar-refractivity contribution in [2.24, 2.45) is 5.41 Å². The molecule has 0 spiro atoms. The number of piperidine rings is 1. The lowest BCUT2D eigenvalue weighted by atomic mass is 9.75. The fraction of sp³-hybridized carbons (Fsp3) is 0.533. The minimum Gasteiger partial charge on any atom is -0.316 e. The summed E-state index contributed by atoms with van der Waals surface area (Å²) in [7, 11) is 3.70. The second-order valence-corrected chi connectivity index (χ2v) is 5.56. The molecule has 2 N–H and O–H groups in total. The minimum atomic E-state index is -0.329. The highest BCUT2D eigenvalue weighted by Crippen LogP contribution is 2.31. The Bertz CT molecular complexity index is 411. The van der Waals surface area contributed by atoms with Crippen molar-refractivity contribution in [1.29, 1.82) is 0 Å². The fourth-order valence-corrected chi connectivity index (χ4v) is 2.70. The van der Waals surface area contributed by atoms with Crippen molar-refractivity contribution < 1.29 is 4.79 Å². The van der Waals surface area contributed by atoms with E-state index in [1.165, 1.54) is 5.56 Å². The van der Waals surface area contributed by atoms with Crippen LogP contribution in [0.2, 0.25) is 0 Å². The standard InChI is InChI=1S/C15H23N3O/c1-18(2)17-14(19)15(9-6-10-16-12-15)11-13-7-4-3-5-8-13/h3-5,7-8,16H,6,9-12H2,1-2H3,(H,17,19). The largest absolute Gasteiger partial charge is 0.316 e. The normalized spacial score (nSPS) is 23.3. The molecule has 1 aliphatic heterocycles. The van der Waals surface area contributed by atoms with Crippen LogP contribution in [0.4, 0.5) is 0 Å². The molecule has 1 unspecified atom stereocenters. The maximum absolute atomic E-state index is 12.5. The van der Waals surface area contributed by atoms with E-state index in [1.807, 2.05) is 32.3 Å². The number of hydrazine groups is 1. The van der Waals surface area contributed by atoms with Crippen LogP contribution in [0.1, 0.15) is 18.4 Å². The Labute approximate surface area is 115 Å². The average molecular weight is 261 g/mol. The lowest BCUT2D eigenvalue weighted by Crippen LogP contribution is -2.54. The van der Waals surface area contributed by atoms with E-state index in [-0.39, 0.29) is 11.3 Å². The number of hydrogen-bond acceptors (Lipinski definition) is 3. The van der Waals surface area contributed by atoms with Crippen LogP contribution in [0.3, 0.4) is 0 Å². The van der Waals surface area contributed by atoms with Gasteiger partial charge in [-0.25, -0.2) is 5.01 Å². The zero-order valence-electron chi connectivity index (χ0n) is 11.8. The van der Waals surface area contributed by atoms with Gasteiger partial charge in [-0.3, -0.25) is 10.2 Å². The van der Waals surface area contributed by atoms with Crippen LogP contribution in [0.5, 0.6) is 0 Å². The predicted molar refractivity (Wildman–Crippen MR) is 76.5 cm³/mol. The van der Waals surface area contributed by atoms with E-state index in [0.29, 0.717) is 0 Å². The lowest BCUT2D eigenvalue weighted by Gasteiger charge is -2.37. The van der Waals surface area contributed by atoms with Gasteiger partial charge in [0, 0.05) is 20.6 Å². The Hall–Kier alpha value is -1.39. The molecule has 1 atom stereocenters. The van der Waals surface area contributed by atoms with E-state index >= 15 is 0 Å². The Balaban J connectivity index is 2.17. The Kier molecular flexibility index (Phi) is 4.56. The SMILES string of the molecule is CN(C)NC(=O)C1(Cc2ccccc2)CCCNC1. The van der Waals surface area contributed by atoms with Gasteiger partial charge < -0.3 is 5.32 Å². The molecule has 0 aliphatic carbocycles. The van der Waals surface area contributed by atoms with Crippen molar-refractivity contribution in [3.8, 4) is 0 Å². The quantitative estimate of drug-likeness (QED) is 0.800. The van der Waals surface area contributed by atoms with Crippen LogP contribution in [0.15, 0.2) is 30.3 Å². The molecule has 104 valence electrons. The summed E-state index contributed by atoms with van der Waals surface area (Å²) >= 11 is 0. The van der Waals surface area contributed by atoms with Gasteiger partial charge in [0.25, 0.3) is 0 Å². The first kappa shape index (κ1) is 14.0. The number of benzene rings is 1. The third kappa shape index (κ3) is 3.55. The molecule has 4 heteroatoms. The molecular weight excluding hydrogens is 238 g/mol. The van der Waals surface area contributed by atoms with Crippen LogP contribution in [-0.2, 0) is 11.2 Å². The Morgan fingerprint density at radius 3 is 2.68 bits per heavy atom. The smallest absolute Gasteiger partial charge is 0.242 e. The molecule has 4 nitrogen and oxygen atoms in total. The van der Waals surface area contributed by atoms with Crippen LogP contribution in [-0.4, -0.2) is 38.1 Å². The molecule has 1 aliphatic rings. The van der Waals surface area contributed by atoms with Gasteiger partial charge in [-0.05, 0) is 31.4 Å². The maximum Gasteiger partial charge on any atom is 0.242 e. The van der Waals surface area contributed by atoms with Crippen molar-refractivity contribution in [2.45, 2.75) is 19.3 Å². The lowest BCUT2D eigenvalue weighted by molar-refractivity contribution is -0.136. The summed E-state index contributed by atoms with van der Waals surface area (Å²) in [6.07, 6.45) is 2.78. The summed E-state index contributed by atoms with van der Waals surface area (Å²) in [5, 5.41) is 5.10. The summed E-state index contributed by atoms with van der Waals surface area (Å²) in [5.74, 6) is 0.119. The third-order valence-corrected chi connectivity index (χ3v) is 3.66. The Morgan fingerprint density at radius 1 is 1.37 bits per heavy atom. The molecule has 0 bridgehead atoms. The maximum atomic E-state index is 12.5. The Morgan fingerprint density at radius 2 is 2.11 bits per heavy atom. The third-order valence-electron chi connectivity index (χ3n) is 3.66. The number of rotatable bonds is 4. The predicted octanol–water partition coefficient (Wildman–Crippen LogP) is 1.19. The minimum absolute atomic E-state index is 0.119. The van der Waals surface area contributed by atoms with Crippen molar-refractivity contribution in [2.75, 3.05) is 27.2 Å². The first-order chi connectivity index (χ1) is 9.12. The molecule has 0 saturated carbocycles. The van der Waals surface area contributed by atoms with Gasteiger partial charge in [0.15, 0.2) is 0 Å². The van der Waals surface area contributed by atoms with Gasteiger partial charge in [0.05, 0.1) is 5.41 Å². The van der Waals surface area contributed by atoms with Gasteiger partial charge in [0.1, 0.15) is 0 Å². The monoisotopic (exact) mass is 261 g/mol. The molecule has 2 rings (SSSR count). The number of nitrogens with zero attached hydrogens (tertiary/aromatic N) is 1. The summed E-state index contributed by atoms with van der Waals surface area (Å²) in [4.78, 5) is 12.5. The number of carbonyl (C=O) groups excluding carboxylic acids is 1. The summed E-state index contributed by atoms with van der Waals surface area (Å²) in [6.45, 7) is 1.76. The van der Waals surface area contributed by atoms with Gasteiger partial charge in [-0.2, -0.15) is 0 Å². The molecular formula is C15H23N3O. The van der Waals surface area contributed by atoms with E-state index < -0.39 is 0 Å². The van der Waals surface area contributed by atoms with Crippen LogP contribution in [0.25, 0.3) is 0 Å². The first-order valence-electron chi connectivity index (χ1n) is 6.85. The highest BCUT2D eigenvalue weighted by atomic mass is 16.2. The molecule has 1 aromatic carbocycles. The molecule has 1 amide bonds. The van der Waals surface area contributed by atoms with Crippen molar-refractivity contribution in [3.05, 3.63) is 35.9 Å². The first-order valence-corrected chi connectivity index (χ1v) is 6.85. The fourth-order valence-electron chi connectivity index (χ4n) is 2.70. The summed E-state index contributed by atoms with van der Waals surface area (Å²) in [6, 6.07) is 10.3. The number of hydrogen-bond donors (Lipinski definition) is 2. The van der Waals surface area contributed by atoms with Crippen LogP contribution < -0.4 is 10.7 Å². The molecule has 1 fully saturated rings. The molecule has 19 heavy (non-hydrogen) atoms. The van der Waals surface area contributed by atoms with E-state index in [2.05, 4.69) is 22.9 Å². The number of amides is 1. The van der Waals surface area contributed by atoms with Crippen molar-refractivity contribution >= 4 is 5.91 Å². The van der Waals surface area contributed by atoms with E-state index in [4.69, 9.17) is 0 Å². The number of carbonyl (C=O) groups is 1. The highest BCUT2D eigenvalue weighted by Gasteiger charge is 2.39. The average Bonchev–Trinajstić information content (AvgIpc) is 2.40. The summed E-state index contributed by atoms with van der Waals surface area (Å²) in [5.41, 5.74) is 3.82.